The molecule has 1 aromatic carbocycles. The van der Waals surface area contributed by atoms with Gasteiger partial charge in [0.2, 0.25) is 5.91 Å². The zero-order chi connectivity index (χ0) is 17.1. The summed E-state index contributed by atoms with van der Waals surface area (Å²) >= 11 is 1.25. The van der Waals surface area contributed by atoms with Crippen LogP contribution in [0.25, 0.3) is 17.3 Å². The van der Waals surface area contributed by atoms with E-state index in [2.05, 4.69) is 10.3 Å². The van der Waals surface area contributed by atoms with Crippen LogP contribution < -0.4 is 5.32 Å². The molecule has 1 N–H and O–H groups in total. The fraction of sp³-hybridized carbons (Fsp3) is 0.0588. The Hall–Kier alpha value is -2.80. The van der Waals surface area contributed by atoms with Crippen molar-refractivity contribution < 1.29 is 18.0 Å². The number of nitrogens with one attached hydrogen (secondary N) is 1. The fourth-order valence-corrected chi connectivity index (χ4v) is 2.89. The fourth-order valence-electron chi connectivity index (χ4n) is 2.05. The summed E-state index contributed by atoms with van der Waals surface area (Å²) in [6, 6.07) is 7.02. The van der Waals surface area contributed by atoms with Gasteiger partial charge in [0, 0.05) is 16.5 Å². The number of carbonyl (C=O) groups excluding carboxylic acids is 1. The Labute approximate surface area is 140 Å². The third-order valence-electron chi connectivity index (χ3n) is 3.16. The van der Waals surface area contributed by atoms with E-state index in [0.717, 1.165) is 17.0 Å². The number of carbonyl (C=O) groups is 1. The smallest absolute Gasteiger partial charge is 0.250 e. The molecule has 0 unspecified atom stereocenters. The number of thiazole rings is 1. The standard InChI is InChI=1S/C17H12F2N2O2S/c1-10-16(11-4-6-13(18)14(19)9-11)21-17(24-10)20-15(22)7-5-12-3-2-8-23-12/h2-9H,1H3,(H,20,21,22)/b7-5+. The second-order valence-electron chi connectivity index (χ2n) is 4.89. The highest BCUT2D eigenvalue weighted by atomic mass is 32.1. The molecule has 3 rings (SSSR count). The Morgan fingerprint density at radius 2 is 2.12 bits per heavy atom. The monoisotopic (exact) mass is 346 g/mol. The molecule has 3 aromatic rings. The predicted octanol–water partition coefficient (Wildman–Crippen LogP) is 4.64. The molecular formula is C17H12F2N2O2S. The van der Waals surface area contributed by atoms with E-state index in [0.29, 0.717) is 22.1 Å². The number of nitrogens with zero attached hydrogens (tertiary/aromatic N) is 1. The SMILES string of the molecule is Cc1sc(NC(=O)/C=C/c2ccco2)nc1-c1ccc(F)c(F)c1. The Balaban J connectivity index is 1.76. The normalized spacial score (nSPS) is 11.1. The molecule has 122 valence electrons. The molecule has 0 aliphatic carbocycles. The number of rotatable bonds is 4. The Bertz CT molecular complexity index is 901. The number of hydrogen-bond donors (Lipinski definition) is 1. The lowest BCUT2D eigenvalue weighted by molar-refractivity contribution is -0.111. The summed E-state index contributed by atoms with van der Waals surface area (Å²) in [4.78, 5) is 16.9. The van der Waals surface area contributed by atoms with Crippen molar-refractivity contribution in [3.8, 4) is 11.3 Å². The van der Waals surface area contributed by atoms with E-state index in [-0.39, 0.29) is 5.91 Å². The molecule has 0 saturated carbocycles. The number of aryl methyl sites for hydroxylation is 1. The molecule has 2 aromatic heterocycles. The maximum atomic E-state index is 13.4. The topological polar surface area (TPSA) is 55.1 Å². The number of anilines is 1. The van der Waals surface area contributed by atoms with Gasteiger partial charge >= 0.3 is 0 Å². The van der Waals surface area contributed by atoms with E-state index in [1.807, 2.05) is 0 Å². The van der Waals surface area contributed by atoms with Crippen molar-refractivity contribution in [3.05, 3.63) is 64.9 Å². The minimum atomic E-state index is -0.938. The highest BCUT2D eigenvalue weighted by molar-refractivity contribution is 7.16. The lowest BCUT2D eigenvalue weighted by Gasteiger charge is -1.99. The Morgan fingerprint density at radius 1 is 1.29 bits per heavy atom. The van der Waals surface area contributed by atoms with Gasteiger partial charge in [-0.3, -0.25) is 10.1 Å². The average molecular weight is 346 g/mol. The van der Waals surface area contributed by atoms with Crippen LogP contribution in [-0.4, -0.2) is 10.9 Å². The molecule has 0 radical (unpaired) electrons. The van der Waals surface area contributed by atoms with E-state index in [9.17, 15) is 13.6 Å². The van der Waals surface area contributed by atoms with Crippen molar-refractivity contribution >= 4 is 28.5 Å². The van der Waals surface area contributed by atoms with Crippen LogP contribution in [0.5, 0.6) is 0 Å². The summed E-state index contributed by atoms with van der Waals surface area (Å²) in [6.45, 7) is 1.79. The number of amides is 1. The molecule has 0 bridgehead atoms. The predicted molar refractivity (Wildman–Crippen MR) is 88.6 cm³/mol. The average Bonchev–Trinajstić information content (AvgIpc) is 3.18. The summed E-state index contributed by atoms with van der Waals surface area (Å²) in [5.74, 6) is -1.66. The van der Waals surface area contributed by atoms with Crippen LogP contribution in [0.1, 0.15) is 10.6 Å². The Kier molecular flexibility index (Phi) is 4.52. The van der Waals surface area contributed by atoms with Crippen molar-refractivity contribution in [3.63, 3.8) is 0 Å². The van der Waals surface area contributed by atoms with E-state index >= 15 is 0 Å². The molecule has 7 heteroatoms. The molecular weight excluding hydrogens is 334 g/mol. The molecule has 0 aliphatic heterocycles. The van der Waals surface area contributed by atoms with Crippen molar-refractivity contribution in [1.29, 1.82) is 0 Å². The maximum Gasteiger partial charge on any atom is 0.250 e. The van der Waals surface area contributed by atoms with Crippen LogP contribution in [0.3, 0.4) is 0 Å². The van der Waals surface area contributed by atoms with Gasteiger partial charge in [-0.15, -0.1) is 11.3 Å². The van der Waals surface area contributed by atoms with Crippen LogP contribution in [-0.2, 0) is 4.79 Å². The summed E-state index contributed by atoms with van der Waals surface area (Å²) in [7, 11) is 0. The lowest BCUT2D eigenvalue weighted by atomic mass is 10.1. The van der Waals surface area contributed by atoms with Crippen molar-refractivity contribution in [2.75, 3.05) is 5.32 Å². The third-order valence-corrected chi connectivity index (χ3v) is 4.05. The number of halogens is 2. The Morgan fingerprint density at radius 3 is 2.83 bits per heavy atom. The summed E-state index contributed by atoms with van der Waals surface area (Å²) in [5.41, 5.74) is 0.957. The van der Waals surface area contributed by atoms with Crippen LogP contribution in [0.4, 0.5) is 13.9 Å². The minimum absolute atomic E-state index is 0.364. The largest absolute Gasteiger partial charge is 0.465 e. The molecule has 0 saturated heterocycles. The van der Waals surface area contributed by atoms with Crippen molar-refractivity contribution in [2.24, 2.45) is 0 Å². The van der Waals surface area contributed by atoms with E-state index in [1.165, 1.54) is 35.8 Å². The van der Waals surface area contributed by atoms with Gasteiger partial charge in [0.1, 0.15) is 5.76 Å². The van der Waals surface area contributed by atoms with Crippen molar-refractivity contribution in [2.45, 2.75) is 6.92 Å². The number of benzene rings is 1. The van der Waals surface area contributed by atoms with Crippen molar-refractivity contribution in [1.82, 2.24) is 4.98 Å². The molecule has 0 spiro atoms. The number of furan rings is 1. The van der Waals surface area contributed by atoms with E-state index in [4.69, 9.17) is 4.42 Å². The van der Waals surface area contributed by atoms with Gasteiger partial charge in [0.15, 0.2) is 16.8 Å². The zero-order valence-corrected chi connectivity index (χ0v) is 13.4. The third kappa shape index (κ3) is 3.57. The lowest BCUT2D eigenvalue weighted by Crippen LogP contribution is -2.07. The van der Waals surface area contributed by atoms with Gasteiger partial charge in [0.05, 0.1) is 12.0 Å². The molecule has 24 heavy (non-hydrogen) atoms. The minimum Gasteiger partial charge on any atom is -0.465 e. The molecule has 2 heterocycles. The first-order chi connectivity index (χ1) is 11.5. The molecule has 0 fully saturated rings. The summed E-state index contributed by atoms with van der Waals surface area (Å²) in [5, 5.41) is 3.01. The summed E-state index contributed by atoms with van der Waals surface area (Å²) in [6.07, 6.45) is 4.37. The van der Waals surface area contributed by atoms with Crippen LogP contribution in [0.2, 0.25) is 0 Å². The van der Waals surface area contributed by atoms with Gasteiger partial charge in [-0.2, -0.15) is 0 Å². The number of hydrogen-bond acceptors (Lipinski definition) is 4. The van der Waals surface area contributed by atoms with Gasteiger partial charge in [0.25, 0.3) is 0 Å². The van der Waals surface area contributed by atoms with Crippen LogP contribution in [0, 0.1) is 18.6 Å². The van der Waals surface area contributed by atoms with E-state index in [1.54, 1.807) is 19.1 Å². The highest BCUT2D eigenvalue weighted by Crippen LogP contribution is 2.31. The quantitative estimate of drug-likeness (QED) is 0.700. The second-order valence-corrected chi connectivity index (χ2v) is 6.09. The maximum absolute atomic E-state index is 13.4. The summed E-state index contributed by atoms with van der Waals surface area (Å²) < 4.78 is 31.5. The highest BCUT2D eigenvalue weighted by Gasteiger charge is 2.13. The first-order valence-electron chi connectivity index (χ1n) is 6.98. The zero-order valence-electron chi connectivity index (χ0n) is 12.5. The van der Waals surface area contributed by atoms with Gasteiger partial charge in [-0.25, -0.2) is 13.8 Å². The van der Waals surface area contributed by atoms with Gasteiger partial charge in [-0.1, -0.05) is 0 Å². The van der Waals surface area contributed by atoms with E-state index < -0.39 is 11.6 Å². The number of aromatic nitrogens is 1. The molecule has 4 nitrogen and oxygen atoms in total. The molecule has 0 aliphatic rings. The molecule has 0 atom stereocenters. The molecule has 1 amide bonds. The van der Waals surface area contributed by atoms with Gasteiger partial charge in [-0.05, 0) is 43.3 Å². The van der Waals surface area contributed by atoms with Gasteiger partial charge < -0.3 is 4.42 Å². The van der Waals surface area contributed by atoms with Crippen LogP contribution in [0.15, 0.2) is 47.1 Å². The second kappa shape index (κ2) is 6.76. The first-order valence-corrected chi connectivity index (χ1v) is 7.80. The first kappa shape index (κ1) is 16.1. The van der Waals surface area contributed by atoms with Crippen LogP contribution >= 0.6 is 11.3 Å².